The van der Waals surface area contributed by atoms with Gasteiger partial charge in [0.2, 0.25) is 0 Å². The van der Waals surface area contributed by atoms with Crippen LogP contribution in [0.5, 0.6) is 0 Å². The van der Waals surface area contributed by atoms with Gasteiger partial charge in [-0.15, -0.1) is 0 Å². The molecule has 1 aromatic rings. The SMILES string of the molecule is COC(=O)C(C)(NCC1CCCO1)c1cccc(F)c1F. The van der Waals surface area contributed by atoms with Gasteiger partial charge in [-0.3, -0.25) is 5.32 Å². The summed E-state index contributed by atoms with van der Waals surface area (Å²) in [6, 6.07) is 3.75. The second-order valence-electron chi connectivity index (χ2n) is 5.23. The maximum Gasteiger partial charge on any atom is 0.330 e. The van der Waals surface area contributed by atoms with Crippen LogP contribution in [0.15, 0.2) is 18.2 Å². The standard InChI is InChI=1S/C15H19F2NO3/c1-15(14(19)20-2,18-9-10-5-4-8-21-10)11-6-3-7-12(16)13(11)17/h3,6-7,10,18H,4-5,8-9H2,1-2H3. The molecule has 0 spiro atoms. The Morgan fingerprint density at radius 1 is 1.52 bits per heavy atom. The first-order valence-electron chi connectivity index (χ1n) is 6.88. The Morgan fingerprint density at radius 3 is 2.90 bits per heavy atom. The molecular weight excluding hydrogens is 280 g/mol. The predicted octanol–water partition coefficient (Wildman–Crippen LogP) is 2.12. The van der Waals surface area contributed by atoms with Crippen LogP contribution in [0.25, 0.3) is 0 Å². The van der Waals surface area contributed by atoms with Crippen molar-refractivity contribution in [3.05, 3.63) is 35.4 Å². The summed E-state index contributed by atoms with van der Waals surface area (Å²) >= 11 is 0. The van der Waals surface area contributed by atoms with E-state index >= 15 is 0 Å². The van der Waals surface area contributed by atoms with Gasteiger partial charge in [0.1, 0.15) is 5.54 Å². The minimum Gasteiger partial charge on any atom is -0.467 e. The molecule has 6 heteroatoms. The Kier molecular flexibility index (Phi) is 4.90. The molecule has 0 bridgehead atoms. The minimum absolute atomic E-state index is 0.0365. The summed E-state index contributed by atoms with van der Waals surface area (Å²) in [5.41, 5.74) is -1.54. The Labute approximate surface area is 122 Å². The molecule has 4 nitrogen and oxygen atoms in total. The fourth-order valence-corrected chi connectivity index (χ4v) is 2.49. The molecule has 0 amide bonds. The number of halogens is 2. The highest BCUT2D eigenvalue weighted by molar-refractivity contribution is 5.82. The van der Waals surface area contributed by atoms with Crippen LogP contribution in [0.1, 0.15) is 25.3 Å². The summed E-state index contributed by atoms with van der Waals surface area (Å²) in [5, 5.41) is 2.97. The molecule has 1 saturated heterocycles. The molecule has 1 aliphatic rings. The number of ether oxygens (including phenoxy) is 2. The number of benzene rings is 1. The van der Waals surface area contributed by atoms with Crippen LogP contribution < -0.4 is 5.32 Å². The Morgan fingerprint density at radius 2 is 2.29 bits per heavy atom. The third-order valence-corrected chi connectivity index (χ3v) is 3.79. The maximum atomic E-state index is 14.0. The number of esters is 1. The third-order valence-electron chi connectivity index (χ3n) is 3.79. The minimum atomic E-state index is -1.47. The summed E-state index contributed by atoms with van der Waals surface area (Å²) in [6.45, 7) is 2.52. The van der Waals surface area contributed by atoms with E-state index in [9.17, 15) is 13.6 Å². The van der Waals surface area contributed by atoms with Gasteiger partial charge >= 0.3 is 5.97 Å². The Bertz CT molecular complexity index is 518. The number of rotatable bonds is 5. The van der Waals surface area contributed by atoms with Crippen molar-refractivity contribution in [2.75, 3.05) is 20.3 Å². The molecule has 2 unspecified atom stereocenters. The number of methoxy groups -OCH3 is 1. The molecule has 1 aliphatic heterocycles. The van der Waals surface area contributed by atoms with Crippen LogP contribution in [0.2, 0.25) is 0 Å². The zero-order valence-electron chi connectivity index (χ0n) is 12.1. The van der Waals surface area contributed by atoms with Gasteiger partial charge in [-0.25, -0.2) is 13.6 Å². The number of hydrogen-bond acceptors (Lipinski definition) is 4. The molecule has 116 valence electrons. The molecule has 1 N–H and O–H groups in total. The van der Waals surface area contributed by atoms with Gasteiger partial charge < -0.3 is 9.47 Å². The van der Waals surface area contributed by atoms with E-state index in [0.29, 0.717) is 13.2 Å². The molecule has 1 heterocycles. The summed E-state index contributed by atoms with van der Waals surface area (Å²) in [7, 11) is 1.21. The molecule has 0 aromatic heterocycles. The molecule has 0 aliphatic carbocycles. The molecule has 1 aromatic carbocycles. The Balaban J connectivity index is 2.27. The van der Waals surface area contributed by atoms with Crippen molar-refractivity contribution in [3.63, 3.8) is 0 Å². The van der Waals surface area contributed by atoms with E-state index in [-0.39, 0.29) is 11.7 Å². The molecule has 1 fully saturated rings. The van der Waals surface area contributed by atoms with Gasteiger partial charge in [0, 0.05) is 18.7 Å². The summed E-state index contributed by atoms with van der Waals surface area (Å²) in [6.07, 6.45) is 1.79. The van der Waals surface area contributed by atoms with E-state index < -0.39 is 23.1 Å². The highest BCUT2D eigenvalue weighted by atomic mass is 19.2. The van der Waals surface area contributed by atoms with Gasteiger partial charge in [-0.1, -0.05) is 12.1 Å². The molecule has 0 saturated carbocycles. The van der Waals surface area contributed by atoms with Crippen molar-refractivity contribution in [1.82, 2.24) is 5.32 Å². The first-order valence-corrected chi connectivity index (χ1v) is 6.88. The number of carbonyl (C=O) groups excluding carboxylic acids is 1. The van der Waals surface area contributed by atoms with Crippen LogP contribution in [-0.4, -0.2) is 32.3 Å². The van der Waals surface area contributed by atoms with Crippen molar-refractivity contribution >= 4 is 5.97 Å². The van der Waals surface area contributed by atoms with Gasteiger partial charge in [-0.2, -0.15) is 0 Å². The van der Waals surface area contributed by atoms with Crippen molar-refractivity contribution in [2.45, 2.75) is 31.4 Å². The van der Waals surface area contributed by atoms with Gasteiger partial charge in [0.15, 0.2) is 11.6 Å². The second kappa shape index (κ2) is 6.49. The summed E-state index contributed by atoms with van der Waals surface area (Å²) < 4.78 is 37.7. The fourth-order valence-electron chi connectivity index (χ4n) is 2.49. The van der Waals surface area contributed by atoms with Gasteiger partial charge in [-0.05, 0) is 25.8 Å². The van der Waals surface area contributed by atoms with Gasteiger partial charge in [0.25, 0.3) is 0 Å². The fraction of sp³-hybridized carbons (Fsp3) is 0.533. The zero-order valence-corrected chi connectivity index (χ0v) is 12.1. The molecule has 2 atom stereocenters. The number of carbonyl (C=O) groups is 1. The van der Waals surface area contributed by atoms with Crippen LogP contribution >= 0.6 is 0 Å². The van der Waals surface area contributed by atoms with E-state index in [4.69, 9.17) is 9.47 Å². The van der Waals surface area contributed by atoms with Crippen LogP contribution in [0.4, 0.5) is 8.78 Å². The zero-order chi connectivity index (χ0) is 15.5. The smallest absolute Gasteiger partial charge is 0.330 e. The lowest BCUT2D eigenvalue weighted by Gasteiger charge is -2.30. The lowest BCUT2D eigenvalue weighted by Crippen LogP contribution is -2.50. The predicted molar refractivity (Wildman–Crippen MR) is 72.7 cm³/mol. The lowest BCUT2D eigenvalue weighted by molar-refractivity contribution is -0.148. The normalized spacial score (nSPS) is 21.0. The van der Waals surface area contributed by atoms with E-state index in [2.05, 4.69) is 5.32 Å². The van der Waals surface area contributed by atoms with E-state index in [1.807, 2.05) is 0 Å². The third kappa shape index (κ3) is 3.22. The van der Waals surface area contributed by atoms with Crippen LogP contribution in [0.3, 0.4) is 0 Å². The van der Waals surface area contributed by atoms with Crippen molar-refractivity contribution in [2.24, 2.45) is 0 Å². The Hall–Kier alpha value is -1.53. The van der Waals surface area contributed by atoms with E-state index in [1.165, 1.54) is 26.2 Å². The summed E-state index contributed by atoms with van der Waals surface area (Å²) in [5.74, 6) is -2.73. The first kappa shape index (κ1) is 15.9. The van der Waals surface area contributed by atoms with Crippen LogP contribution in [0, 0.1) is 11.6 Å². The average Bonchev–Trinajstić information content (AvgIpc) is 3.00. The monoisotopic (exact) mass is 299 g/mol. The summed E-state index contributed by atoms with van der Waals surface area (Å²) in [4.78, 5) is 12.1. The quantitative estimate of drug-likeness (QED) is 0.846. The second-order valence-corrected chi connectivity index (χ2v) is 5.23. The van der Waals surface area contributed by atoms with Crippen molar-refractivity contribution in [3.8, 4) is 0 Å². The van der Waals surface area contributed by atoms with Gasteiger partial charge in [0.05, 0.1) is 13.2 Å². The molecule has 0 radical (unpaired) electrons. The highest BCUT2D eigenvalue weighted by Crippen LogP contribution is 2.27. The first-order chi connectivity index (χ1) is 9.99. The van der Waals surface area contributed by atoms with Crippen LogP contribution in [-0.2, 0) is 19.8 Å². The van der Waals surface area contributed by atoms with E-state index in [0.717, 1.165) is 18.9 Å². The molecular formula is C15H19F2NO3. The maximum absolute atomic E-state index is 14.0. The molecule has 21 heavy (non-hydrogen) atoms. The molecule has 2 rings (SSSR count). The van der Waals surface area contributed by atoms with Crippen molar-refractivity contribution in [1.29, 1.82) is 0 Å². The van der Waals surface area contributed by atoms with E-state index in [1.54, 1.807) is 0 Å². The largest absolute Gasteiger partial charge is 0.467 e. The topological polar surface area (TPSA) is 47.6 Å². The highest BCUT2D eigenvalue weighted by Gasteiger charge is 2.39. The average molecular weight is 299 g/mol. The number of hydrogen-bond donors (Lipinski definition) is 1. The lowest BCUT2D eigenvalue weighted by atomic mass is 9.91. The number of nitrogens with one attached hydrogen (secondary N) is 1. The van der Waals surface area contributed by atoms with Crippen molar-refractivity contribution < 1.29 is 23.0 Å².